The molecule has 0 fully saturated rings. The van der Waals surface area contributed by atoms with E-state index in [1.165, 1.54) is 6.33 Å². The summed E-state index contributed by atoms with van der Waals surface area (Å²) in [5.41, 5.74) is 0.292. The summed E-state index contributed by atoms with van der Waals surface area (Å²) in [4.78, 5) is 23.2. The van der Waals surface area contributed by atoms with E-state index in [1.54, 1.807) is 6.20 Å². The van der Waals surface area contributed by atoms with Gasteiger partial charge in [0.05, 0.1) is 11.3 Å². The van der Waals surface area contributed by atoms with Crippen molar-refractivity contribution in [1.82, 2.24) is 19.5 Å². The summed E-state index contributed by atoms with van der Waals surface area (Å²) in [5.74, 6) is 1.02. The number of aromatic nitrogens is 4. The third-order valence-corrected chi connectivity index (χ3v) is 3.02. The van der Waals surface area contributed by atoms with Crippen LogP contribution < -0.4 is 5.32 Å². The van der Waals surface area contributed by atoms with E-state index in [4.69, 9.17) is 0 Å². The van der Waals surface area contributed by atoms with Crippen LogP contribution in [0.3, 0.4) is 0 Å². The Labute approximate surface area is 122 Å². The van der Waals surface area contributed by atoms with Crippen molar-refractivity contribution in [3.05, 3.63) is 40.4 Å². The normalized spacial score (nSPS) is 10.6. The van der Waals surface area contributed by atoms with Gasteiger partial charge in [0.2, 0.25) is 5.82 Å². The van der Waals surface area contributed by atoms with Crippen molar-refractivity contribution in [1.29, 1.82) is 0 Å². The fourth-order valence-corrected chi connectivity index (χ4v) is 2.13. The van der Waals surface area contributed by atoms with Gasteiger partial charge in [-0.3, -0.25) is 10.1 Å². The fourth-order valence-electron chi connectivity index (χ4n) is 2.13. The van der Waals surface area contributed by atoms with Crippen LogP contribution in [-0.2, 0) is 13.0 Å². The summed E-state index contributed by atoms with van der Waals surface area (Å²) >= 11 is 0. The molecule has 2 aromatic rings. The van der Waals surface area contributed by atoms with Gasteiger partial charge in [0.25, 0.3) is 0 Å². The first kappa shape index (κ1) is 14.9. The lowest BCUT2D eigenvalue weighted by Gasteiger charge is -2.08. The summed E-state index contributed by atoms with van der Waals surface area (Å²) < 4.78 is 1.98. The molecule has 0 spiro atoms. The molecule has 0 aliphatic rings. The minimum Gasteiger partial charge on any atom is -0.365 e. The zero-order valence-electron chi connectivity index (χ0n) is 12.1. The average Bonchev–Trinajstić information content (AvgIpc) is 2.87. The highest BCUT2D eigenvalue weighted by molar-refractivity contribution is 5.58. The van der Waals surface area contributed by atoms with Gasteiger partial charge in [-0.2, -0.15) is 0 Å². The van der Waals surface area contributed by atoms with Gasteiger partial charge >= 0.3 is 5.69 Å². The van der Waals surface area contributed by atoms with E-state index >= 15 is 0 Å². The molecule has 8 heteroatoms. The maximum absolute atomic E-state index is 11.3. The first-order chi connectivity index (χ1) is 10.2. The second-order valence-electron chi connectivity index (χ2n) is 4.52. The van der Waals surface area contributed by atoms with Crippen LogP contribution in [0.5, 0.6) is 0 Å². The molecule has 0 aliphatic carbocycles. The number of nitrogens with zero attached hydrogens (tertiary/aromatic N) is 5. The van der Waals surface area contributed by atoms with E-state index in [0.717, 1.165) is 18.8 Å². The SMILES string of the molecule is CCCn1ccnc1Cc1ncnc(NCC)c1[N+](=O)[O-]. The van der Waals surface area contributed by atoms with Crippen LogP contribution in [0.15, 0.2) is 18.7 Å². The first-order valence-electron chi connectivity index (χ1n) is 6.89. The molecule has 0 radical (unpaired) electrons. The topological polar surface area (TPSA) is 98.8 Å². The van der Waals surface area contributed by atoms with E-state index in [1.807, 2.05) is 17.7 Å². The Hall–Kier alpha value is -2.51. The number of aryl methyl sites for hydroxylation is 1. The van der Waals surface area contributed by atoms with Crippen molar-refractivity contribution in [2.75, 3.05) is 11.9 Å². The van der Waals surface area contributed by atoms with Gasteiger partial charge in [-0.1, -0.05) is 6.92 Å². The second kappa shape index (κ2) is 6.78. The van der Waals surface area contributed by atoms with Crippen molar-refractivity contribution in [2.45, 2.75) is 33.2 Å². The minimum atomic E-state index is -0.444. The summed E-state index contributed by atoms with van der Waals surface area (Å²) in [6.07, 6.45) is 6.19. The van der Waals surface area contributed by atoms with E-state index in [-0.39, 0.29) is 11.5 Å². The van der Waals surface area contributed by atoms with E-state index in [0.29, 0.717) is 18.7 Å². The molecule has 8 nitrogen and oxygen atoms in total. The molecule has 0 unspecified atom stereocenters. The molecule has 1 N–H and O–H groups in total. The number of nitro groups is 1. The van der Waals surface area contributed by atoms with Crippen LogP contribution in [0.1, 0.15) is 31.8 Å². The van der Waals surface area contributed by atoms with Gasteiger partial charge in [0.1, 0.15) is 17.8 Å². The highest BCUT2D eigenvalue weighted by Gasteiger charge is 2.23. The first-order valence-corrected chi connectivity index (χ1v) is 6.89. The van der Waals surface area contributed by atoms with Crippen LogP contribution in [0, 0.1) is 10.1 Å². The van der Waals surface area contributed by atoms with Crippen LogP contribution in [-0.4, -0.2) is 31.0 Å². The van der Waals surface area contributed by atoms with Gasteiger partial charge in [-0.15, -0.1) is 0 Å². The molecule has 0 bridgehead atoms. The predicted octanol–water partition coefficient (Wildman–Crippen LogP) is 2.01. The molecule has 112 valence electrons. The van der Waals surface area contributed by atoms with Crippen LogP contribution in [0.25, 0.3) is 0 Å². The third-order valence-electron chi connectivity index (χ3n) is 3.02. The van der Waals surface area contributed by atoms with Gasteiger partial charge in [0, 0.05) is 25.5 Å². The minimum absolute atomic E-state index is 0.0783. The Morgan fingerprint density at radius 3 is 2.81 bits per heavy atom. The van der Waals surface area contributed by atoms with E-state index in [2.05, 4.69) is 27.2 Å². The standard InChI is InChI=1S/C13H18N6O2/c1-3-6-18-7-5-15-11(18)8-10-12(19(20)21)13(14-4-2)17-9-16-10/h5,7,9H,3-4,6,8H2,1-2H3,(H,14,16,17). The summed E-state index contributed by atoms with van der Waals surface area (Å²) in [7, 11) is 0. The summed E-state index contributed by atoms with van der Waals surface area (Å²) in [5, 5.41) is 14.2. The Bertz CT molecular complexity index is 625. The molecule has 0 saturated heterocycles. The van der Waals surface area contributed by atoms with Crippen molar-refractivity contribution in [2.24, 2.45) is 0 Å². The number of rotatable bonds is 7. The molecule has 0 saturated carbocycles. The highest BCUT2D eigenvalue weighted by Crippen LogP contribution is 2.26. The molecule has 0 aliphatic heterocycles. The molecule has 2 rings (SSSR count). The van der Waals surface area contributed by atoms with Crippen LogP contribution >= 0.6 is 0 Å². The third kappa shape index (κ3) is 3.33. The fraction of sp³-hybridized carbons (Fsp3) is 0.462. The van der Waals surface area contributed by atoms with E-state index in [9.17, 15) is 10.1 Å². The summed E-state index contributed by atoms with van der Waals surface area (Å²) in [6.45, 7) is 5.32. The number of nitrogens with one attached hydrogen (secondary N) is 1. The number of anilines is 1. The largest absolute Gasteiger partial charge is 0.365 e. The maximum Gasteiger partial charge on any atom is 0.333 e. The molecule has 2 heterocycles. The van der Waals surface area contributed by atoms with Crippen LogP contribution in [0.4, 0.5) is 11.5 Å². The number of imidazole rings is 1. The lowest BCUT2D eigenvalue weighted by atomic mass is 10.2. The lowest BCUT2D eigenvalue weighted by molar-refractivity contribution is -0.385. The van der Waals surface area contributed by atoms with Gasteiger partial charge in [0.15, 0.2) is 0 Å². The molecule has 21 heavy (non-hydrogen) atoms. The number of hydrogen-bond donors (Lipinski definition) is 1. The molecule has 0 aromatic carbocycles. The maximum atomic E-state index is 11.3. The zero-order chi connectivity index (χ0) is 15.2. The molecule has 0 atom stereocenters. The lowest BCUT2D eigenvalue weighted by Crippen LogP contribution is -2.10. The zero-order valence-corrected chi connectivity index (χ0v) is 12.1. The van der Waals surface area contributed by atoms with Gasteiger partial charge in [-0.05, 0) is 13.3 Å². The average molecular weight is 290 g/mol. The van der Waals surface area contributed by atoms with Crippen LogP contribution in [0.2, 0.25) is 0 Å². The van der Waals surface area contributed by atoms with Crippen molar-refractivity contribution in [3.8, 4) is 0 Å². The van der Waals surface area contributed by atoms with E-state index < -0.39 is 4.92 Å². The van der Waals surface area contributed by atoms with Crippen molar-refractivity contribution >= 4 is 11.5 Å². The number of hydrogen-bond acceptors (Lipinski definition) is 6. The highest BCUT2D eigenvalue weighted by atomic mass is 16.6. The Morgan fingerprint density at radius 1 is 1.33 bits per heavy atom. The predicted molar refractivity (Wildman–Crippen MR) is 78.2 cm³/mol. The molecular formula is C13H18N6O2. The molecule has 2 aromatic heterocycles. The second-order valence-corrected chi connectivity index (χ2v) is 4.52. The Kier molecular flexibility index (Phi) is 4.81. The van der Waals surface area contributed by atoms with Gasteiger partial charge in [-0.25, -0.2) is 15.0 Å². The van der Waals surface area contributed by atoms with Crippen molar-refractivity contribution in [3.63, 3.8) is 0 Å². The quantitative estimate of drug-likeness (QED) is 0.618. The Balaban J connectivity index is 2.37. The van der Waals surface area contributed by atoms with Gasteiger partial charge < -0.3 is 9.88 Å². The molecular weight excluding hydrogens is 272 g/mol. The summed E-state index contributed by atoms with van der Waals surface area (Å²) in [6, 6.07) is 0. The molecule has 0 amide bonds. The Morgan fingerprint density at radius 2 is 2.14 bits per heavy atom. The smallest absolute Gasteiger partial charge is 0.333 e. The van der Waals surface area contributed by atoms with Crippen molar-refractivity contribution < 1.29 is 4.92 Å². The monoisotopic (exact) mass is 290 g/mol.